The molecule has 2 aromatic carbocycles. The van der Waals surface area contributed by atoms with Gasteiger partial charge in [-0.2, -0.15) is 5.10 Å². The quantitative estimate of drug-likeness (QED) is 0.366. The summed E-state index contributed by atoms with van der Waals surface area (Å²) in [6, 6.07) is 13.2. The summed E-state index contributed by atoms with van der Waals surface area (Å²) in [7, 11) is 1.88. The molecular weight excluding hydrogens is 378 g/mol. The SMILES string of the molecule is Cn1cnnc1SCc1ccc(C(=O)NN=Cc2ccc(C(=O)[O-])cc2)cc1. The third kappa shape index (κ3) is 5.04. The molecule has 1 amide bonds. The zero-order chi connectivity index (χ0) is 19.9. The Bertz CT molecular complexity index is 997. The van der Waals surface area contributed by atoms with E-state index in [1.807, 2.05) is 23.7 Å². The number of hydrogen-bond acceptors (Lipinski definition) is 7. The van der Waals surface area contributed by atoms with Gasteiger partial charge in [0.1, 0.15) is 6.33 Å². The van der Waals surface area contributed by atoms with Gasteiger partial charge in [-0.25, -0.2) is 5.43 Å². The van der Waals surface area contributed by atoms with Gasteiger partial charge < -0.3 is 14.5 Å². The Morgan fingerprint density at radius 2 is 1.82 bits per heavy atom. The number of carbonyl (C=O) groups is 2. The Balaban J connectivity index is 1.52. The van der Waals surface area contributed by atoms with Crippen molar-refractivity contribution in [3.63, 3.8) is 0 Å². The van der Waals surface area contributed by atoms with Crippen LogP contribution in [0.2, 0.25) is 0 Å². The summed E-state index contributed by atoms with van der Waals surface area (Å²) in [4.78, 5) is 22.8. The highest BCUT2D eigenvalue weighted by Crippen LogP contribution is 2.20. The van der Waals surface area contributed by atoms with Crippen LogP contribution in [-0.2, 0) is 12.8 Å². The molecule has 0 unspecified atom stereocenters. The highest BCUT2D eigenvalue weighted by molar-refractivity contribution is 7.98. The van der Waals surface area contributed by atoms with Gasteiger partial charge >= 0.3 is 0 Å². The van der Waals surface area contributed by atoms with Gasteiger partial charge in [-0.15, -0.1) is 10.2 Å². The van der Waals surface area contributed by atoms with Crippen molar-refractivity contribution >= 4 is 29.9 Å². The molecule has 1 aromatic heterocycles. The fourth-order valence-corrected chi connectivity index (χ4v) is 3.08. The number of rotatable bonds is 7. The fourth-order valence-electron chi connectivity index (χ4n) is 2.24. The first-order valence-electron chi connectivity index (χ1n) is 8.23. The van der Waals surface area contributed by atoms with Gasteiger partial charge in [0.05, 0.1) is 12.2 Å². The number of benzene rings is 2. The van der Waals surface area contributed by atoms with Gasteiger partial charge in [-0.3, -0.25) is 4.79 Å². The van der Waals surface area contributed by atoms with E-state index in [0.717, 1.165) is 10.7 Å². The summed E-state index contributed by atoms with van der Waals surface area (Å²) in [5.41, 5.74) is 4.72. The molecule has 0 saturated carbocycles. The van der Waals surface area contributed by atoms with E-state index in [-0.39, 0.29) is 11.5 Å². The van der Waals surface area contributed by atoms with Gasteiger partial charge in [0.15, 0.2) is 5.16 Å². The summed E-state index contributed by atoms with van der Waals surface area (Å²) in [6.45, 7) is 0. The van der Waals surface area contributed by atoms with Crippen LogP contribution in [0, 0.1) is 0 Å². The zero-order valence-corrected chi connectivity index (χ0v) is 15.7. The third-order valence-corrected chi connectivity index (χ3v) is 4.89. The molecule has 0 spiro atoms. The number of nitrogens with one attached hydrogen (secondary N) is 1. The Kier molecular flexibility index (Phi) is 6.18. The third-order valence-electron chi connectivity index (χ3n) is 3.78. The number of carbonyl (C=O) groups excluding carboxylic acids is 2. The van der Waals surface area contributed by atoms with E-state index in [0.29, 0.717) is 16.9 Å². The first-order valence-corrected chi connectivity index (χ1v) is 9.22. The maximum Gasteiger partial charge on any atom is 0.271 e. The lowest BCUT2D eigenvalue weighted by Crippen LogP contribution is -2.22. The molecule has 0 fully saturated rings. The Labute approximate surface area is 165 Å². The molecule has 0 aliphatic carbocycles. The minimum Gasteiger partial charge on any atom is -0.545 e. The molecule has 0 aliphatic heterocycles. The van der Waals surface area contributed by atoms with Crippen LogP contribution >= 0.6 is 11.8 Å². The molecule has 28 heavy (non-hydrogen) atoms. The van der Waals surface area contributed by atoms with Gasteiger partial charge in [-0.1, -0.05) is 48.2 Å². The fraction of sp³-hybridized carbons (Fsp3) is 0.105. The second-order valence-corrected chi connectivity index (χ2v) is 6.76. The van der Waals surface area contributed by atoms with E-state index >= 15 is 0 Å². The molecule has 0 aliphatic rings. The van der Waals surface area contributed by atoms with Crippen molar-refractivity contribution < 1.29 is 14.7 Å². The first kappa shape index (κ1) is 19.3. The number of hydrazone groups is 1. The largest absolute Gasteiger partial charge is 0.545 e. The molecule has 1 heterocycles. The van der Waals surface area contributed by atoms with Crippen molar-refractivity contribution in [2.45, 2.75) is 10.9 Å². The zero-order valence-electron chi connectivity index (χ0n) is 14.9. The van der Waals surface area contributed by atoms with E-state index in [4.69, 9.17) is 0 Å². The van der Waals surface area contributed by atoms with Crippen LogP contribution in [0.5, 0.6) is 0 Å². The lowest BCUT2D eigenvalue weighted by Gasteiger charge is -2.04. The summed E-state index contributed by atoms with van der Waals surface area (Å²) < 4.78 is 1.84. The van der Waals surface area contributed by atoms with Crippen LogP contribution in [0.15, 0.2) is 65.1 Å². The molecular formula is C19H16N5O3S-. The van der Waals surface area contributed by atoms with Crippen molar-refractivity contribution in [1.29, 1.82) is 0 Å². The van der Waals surface area contributed by atoms with Crippen LogP contribution in [0.3, 0.4) is 0 Å². The van der Waals surface area contributed by atoms with Gasteiger partial charge in [-0.05, 0) is 28.8 Å². The topological polar surface area (TPSA) is 112 Å². The summed E-state index contributed by atoms with van der Waals surface area (Å²) in [5, 5.41) is 23.3. The molecule has 0 atom stereocenters. The van der Waals surface area contributed by atoms with Crippen molar-refractivity contribution in [2.24, 2.45) is 12.1 Å². The minimum absolute atomic E-state index is 0.0820. The number of carboxylic acids is 1. The molecule has 8 nitrogen and oxygen atoms in total. The van der Waals surface area contributed by atoms with E-state index in [1.54, 1.807) is 42.4 Å². The number of hydrogen-bond donors (Lipinski definition) is 1. The number of amides is 1. The highest BCUT2D eigenvalue weighted by Gasteiger charge is 2.06. The number of aromatic nitrogens is 3. The highest BCUT2D eigenvalue weighted by atomic mass is 32.2. The van der Waals surface area contributed by atoms with E-state index < -0.39 is 5.97 Å². The normalized spacial score (nSPS) is 10.9. The van der Waals surface area contributed by atoms with E-state index in [9.17, 15) is 14.7 Å². The summed E-state index contributed by atoms with van der Waals surface area (Å²) in [5.74, 6) is -0.862. The molecule has 9 heteroatoms. The smallest absolute Gasteiger partial charge is 0.271 e. The number of aryl methyl sites for hydroxylation is 1. The second-order valence-electron chi connectivity index (χ2n) is 5.82. The lowest BCUT2D eigenvalue weighted by atomic mass is 10.1. The van der Waals surface area contributed by atoms with Crippen LogP contribution in [-0.4, -0.2) is 32.9 Å². The predicted molar refractivity (Wildman–Crippen MR) is 103 cm³/mol. The maximum atomic E-state index is 12.1. The number of thioether (sulfide) groups is 1. The van der Waals surface area contributed by atoms with E-state index in [2.05, 4.69) is 20.7 Å². The van der Waals surface area contributed by atoms with Crippen molar-refractivity contribution in [3.05, 3.63) is 77.1 Å². The second kappa shape index (κ2) is 8.96. The molecule has 0 saturated heterocycles. The predicted octanol–water partition coefficient (Wildman–Crippen LogP) is 1.23. The molecule has 0 bridgehead atoms. The minimum atomic E-state index is -1.24. The van der Waals surface area contributed by atoms with E-state index in [1.165, 1.54) is 18.3 Å². The van der Waals surface area contributed by atoms with Crippen LogP contribution < -0.4 is 10.5 Å². The number of carboxylic acid groups (broad SMARTS) is 1. The number of aromatic carboxylic acids is 1. The van der Waals surface area contributed by atoms with Crippen molar-refractivity contribution in [2.75, 3.05) is 0 Å². The summed E-state index contributed by atoms with van der Waals surface area (Å²) in [6.07, 6.45) is 3.08. The molecule has 142 valence electrons. The Hall–Kier alpha value is -3.46. The summed E-state index contributed by atoms with van der Waals surface area (Å²) >= 11 is 1.56. The monoisotopic (exact) mass is 394 g/mol. The van der Waals surface area contributed by atoms with Gasteiger partial charge in [0.25, 0.3) is 5.91 Å². The molecule has 3 aromatic rings. The van der Waals surface area contributed by atoms with Gasteiger partial charge in [0.2, 0.25) is 0 Å². The average molecular weight is 394 g/mol. The lowest BCUT2D eigenvalue weighted by molar-refractivity contribution is -0.255. The molecule has 3 rings (SSSR count). The van der Waals surface area contributed by atoms with Crippen molar-refractivity contribution in [1.82, 2.24) is 20.2 Å². The van der Waals surface area contributed by atoms with Gasteiger partial charge in [0, 0.05) is 18.4 Å². The Morgan fingerprint density at radius 1 is 1.14 bits per heavy atom. The Morgan fingerprint density at radius 3 is 2.43 bits per heavy atom. The van der Waals surface area contributed by atoms with Crippen molar-refractivity contribution in [3.8, 4) is 0 Å². The standard InChI is InChI=1S/C19H17N5O3S/c1-24-12-21-23-19(24)28-11-14-4-6-15(7-5-14)17(25)22-20-10-13-2-8-16(9-3-13)18(26)27/h2-10,12H,11H2,1H3,(H,22,25)(H,26,27)/p-1. The van der Waals surface area contributed by atoms with Crippen LogP contribution in [0.25, 0.3) is 0 Å². The van der Waals surface area contributed by atoms with Crippen LogP contribution in [0.1, 0.15) is 31.8 Å². The average Bonchev–Trinajstić information content (AvgIpc) is 3.12. The van der Waals surface area contributed by atoms with Crippen LogP contribution in [0.4, 0.5) is 0 Å². The number of nitrogens with zero attached hydrogens (tertiary/aromatic N) is 4. The first-order chi connectivity index (χ1) is 13.5. The molecule has 1 N–H and O–H groups in total. The molecule has 0 radical (unpaired) electrons. The maximum absolute atomic E-state index is 12.1.